The third-order valence-corrected chi connectivity index (χ3v) is 4.86. The molecule has 1 aliphatic rings. The van der Waals surface area contributed by atoms with Crippen LogP contribution in [0.25, 0.3) is 0 Å². The normalized spacial score (nSPS) is 16.0. The summed E-state index contributed by atoms with van der Waals surface area (Å²) in [4.78, 5) is 0. The minimum absolute atomic E-state index is 0.106. The van der Waals surface area contributed by atoms with E-state index < -0.39 is 0 Å². The van der Waals surface area contributed by atoms with Gasteiger partial charge >= 0.3 is 0 Å². The highest BCUT2D eigenvalue weighted by Crippen LogP contribution is 2.49. The average molecular weight is 337 g/mol. The van der Waals surface area contributed by atoms with Gasteiger partial charge in [-0.1, -0.05) is 72.3 Å². The maximum atomic E-state index is 9.98. The second-order valence-corrected chi connectivity index (χ2v) is 6.47. The van der Waals surface area contributed by atoms with Gasteiger partial charge in [0.2, 0.25) is 0 Å². The standard InChI is InChI=1S/C21H17ClO2/c22-19-12-16(23)11-17-18(13-24-21(17)19)20(14-7-3-1-4-8-14)15-9-5-2-6-10-15/h1-12,18,20,23H,13H2. The number of phenolic OH excluding ortho intramolecular Hbond substituents is 1. The molecule has 1 N–H and O–H groups in total. The van der Waals surface area contributed by atoms with Crippen LogP contribution in [0, 0.1) is 0 Å². The Labute approximate surface area is 146 Å². The highest BCUT2D eigenvalue weighted by atomic mass is 35.5. The number of ether oxygens (including phenoxy) is 1. The van der Waals surface area contributed by atoms with Gasteiger partial charge in [0.1, 0.15) is 11.5 Å². The van der Waals surface area contributed by atoms with E-state index in [1.54, 1.807) is 6.07 Å². The summed E-state index contributed by atoms with van der Waals surface area (Å²) in [5.74, 6) is 1.12. The number of rotatable bonds is 3. The lowest BCUT2D eigenvalue weighted by Gasteiger charge is -2.24. The monoisotopic (exact) mass is 336 g/mol. The molecule has 0 saturated carbocycles. The van der Waals surface area contributed by atoms with Crippen LogP contribution in [0.2, 0.25) is 5.02 Å². The van der Waals surface area contributed by atoms with Gasteiger partial charge in [0.15, 0.2) is 0 Å². The van der Waals surface area contributed by atoms with Gasteiger partial charge in [0.05, 0.1) is 11.6 Å². The summed E-state index contributed by atoms with van der Waals surface area (Å²) in [7, 11) is 0. The molecular formula is C21H17ClO2. The topological polar surface area (TPSA) is 29.5 Å². The number of benzene rings is 3. The van der Waals surface area contributed by atoms with Crippen LogP contribution in [-0.2, 0) is 0 Å². The van der Waals surface area contributed by atoms with Crippen LogP contribution in [0.5, 0.6) is 11.5 Å². The van der Waals surface area contributed by atoms with E-state index in [1.165, 1.54) is 17.2 Å². The van der Waals surface area contributed by atoms with E-state index in [9.17, 15) is 5.11 Å². The van der Waals surface area contributed by atoms with Gasteiger partial charge in [0, 0.05) is 23.5 Å². The van der Waals surface area contributed by atoms with Crippen molar-refractivity contribution in [2.45, 2.75) is 11.8 Å². The van der Waals surface area contributed by atoms with Crippen molar-refractivity contribution in [3.05, 3.63) is 94.5 Å². The van der Waals surface area contributed by atoms with Gasteiger partial charge in [-0.3, -0.25) is 0 Å². The third kappa shape index (κ3) is 2.63. The first-order valence-electron chi connectivity index (χ1n) is 7.99. The zero-order valence-corrected chi connectivity index (χ0v) is 13.8. The summed E-state index contributed by atoms with van der Waals surface area (Å²) >= 11 is 6.25. The molecular weight excluding hydrogens is 320 g/mol. The second-order valence-electron chi connectivity index (χ2n) is 6.06. The highest BCUT2D eigenvalue weighted by molar-refractivity contribution is 6.32. The van der Waals surface area contributed by atoms with Crippen LogP contribution in [0.4, 0.5) is 0 Å². The van der Waals surface area contributed by atoms with E-state index in [4.69, 9.17) is 16.3 Å². The maximum Gasteiger partial charge on any atom is 0.141 e. The van der Waals surface area contributed by atoms with Gasteiger partial charge in [-0.2, -0.15) is 0 Å². The third-order valence-electron chi connectivity index (χ3n) is 4.58. The molecule has 0 amide bonds. The summed E-state index contributed by atoms with van der Waals surface area (Å²) in [6.45, 7) is 0.549. The van der Waals surface area contributed by atoms with Crippen molar-refractivity contribution in [2.75, 3.05) is 6.61 Å². The molecule has 0 fully saturated rings. The summed E-state index contributed by atoms with van der Waals surface area (Å²) in [6.07, 6.45) is 0. The number of hydrogen-bond donors (Lipinski definition) is 1. The Morgan fingerprint density at radius 1 is 0.917 bits per heavy atom. The Bertz CT molecular complexity index is 807. The number of aromatic hydroxyl groups is 1. The summed E-state index contributed by atoms with van der Waals surface area (Å²) in [5, 5.41) is 10.4. The van der Waals surface area contributed by atoms with Crippen LogP contribution >= 0.6 is 11.6 Å². The molecule has 120 valence electrons. The van der Waals surface area contributed by atoms with Crippen LogP contribution in [-0.4, -0.2) is 11.7 Å². The Balaban J connectivity index is 1.86. The van der Waals surface area contributed by atoms with E-state index >= 15 is 0 Å². The predicted octanol–water partition coefficient (Wildman–Crippen LogP) is 5.35. The predicted molar refractivity (Wildman–Crippen MR) is 96.1 cm³/mol. The second kappa shape index (κ2) is 6.21. The van der Waals surface area contributed by atoms with E-state index in [1.807, 2.05) is 12.1 Å². The molecule has 1 aliphatic heterocycles. The Hall–Kier alpha value is -2.45. The van der Waals surface area contributed by atoms with Crippen LogP contribution in [0.1, 0.15) is 28.5 Å². The smallest absolute Gasteiger partial charge is 0.141 e. The van der Waals surface area contributed by atoms with Gasteiger partial charge in [-0.05, 0) is 17.2 Å². The van der Waals surface area contributed by atoms with Gasteiger partial charge < -0.3 is 9.84 Å². The van der Waals surface area contributed by atoms with Gasteiger partial charge in [-0.15, -0.1) is 0 Å². The molecule has 2 nitrogen and oxygen atoms in total. The fourth-order valence-corrected chi connectivity index (χ4v) is 3.82. The Kier molecular flexibility index (Phi) is 3.91. The minimum atomic E-state index is 0.106. The molecule has 4 rings (SSSR count). The van der Waals surface area contributed by atoms with Gasteiger partial charge in [0.25, 0.3) is 0 Å². The first-order valence-corrected chi connectivity index (χ1v) is 8.37. The molecule has 0 spiro atoms. The largest absolute Gasteiger partial charge is 0.508 e. The lowest BCUT2D eigenvalue weighted by atomic mass is 9.78. The molecule has 0 saturated heterocycles. The van der Waals surface area contributed by atoms with Crippen molar-refractivity contribution in [1.82, 2.24) is 0 Å². The average Bonchev–Trinajstić information content (AvgIpc) is 3.01. The minimum Gasteiger partial charge on any atom is -0.508 e. The molecule has 0 aliphatic carbocycles. The molecule has 1 heterocycles. The molecule has 1 unspecified atom stereocenters. The maximum absolute atomic E-state index is 9.98. The molecule has 3 aromatic carbocycles. The fourth-order valence-electron chi connectivity index (χ4n) is 3.54. The SMILES string of the molecule is Oc1cc(Cl)c2c(c1)C(C(c1ccccc1)c1ccccc1)CO2. The first kappa shape index (κ1) is 15.1. The zero-order chi connectivity index (χ0) is 16.5. The number of phenols is 1. The van der Waals surface area contributed by atoms with Crippen molar-refractivity contribution in [1.29, 1.82) is 0 Å². The molecule has 0 bridgehead atoms. The summed E-state index contributed by atoms with van der Waals surface area (Å²) in [5.41, 5.74) is 3.42. The molecule has 24 heavy (non-hydrogen) atoms. The summed E-state index contributed by atoms with van der Waals surface area (Å²) in [6, 6.07) is 24.1. The first-order chi connectivity index (χ1) is 11.7. The van der Waals surface area contributed by atoms with E-state index in [0.29, 0.717) is 17.4 Å². The molecule has 3 heteroatoms. The van der Waals surface area contributed by atoms with Crippen molar-refractivity contribution in [3.63, 3.8) is 0 Å². The fraction of sp³-hybridized carbons (Fsp3) is 0.143. The van der Waals surface area contributed by atoms with E-state index in [2.05, 4.69) is 48.5 Å². The molecule has 0 aromatic heterocycles. The Morgan fingerprint density at radius 3 is 2.08 bits per heavy atom. The van der Waals surface area contributed by atoms with Crippen LogP contribution in [0.15, 0.2) is 72.8 Å². The van der Waals surface area contributed by atoms with Gasteiger partial charge in [-0.25, -0.2) is 0 Å². The molecule has 0 radical (unpaired) electrons. The Morgan fingerprint density at radius 2 is 1.50 bits per heavy atom. The number of halogens is 1. The van der Waals surface area contributed by atoms with E-state index in [-0.39, 0.29) is 17.6 Å². The molecule has 3 aromatic rings. The summed E-state index contributed by atoms with van der Waals surface area (Å²) < 4.78 is 5.88. The van der Waals surface area contributed by atoms with Crippen molar-refractivity contribution < 1.29 is 9.84 Å². The highest BCUT2D eigenvalue weighted by Gasteiger charge is 2.35. The number of hydrogen-bond acceptors (Lipinski definition) is 2. The van der Waals surface area contributed by atoms with Crippen LogP contribution in [0.3, 0.4) is 0 Å². The van der Waals surface area contributed by atoms with Crippen molar-refractivity contribution >= 4 is 11.6 Å². The quantitative estimate of drug-likeness (QED) is 0.698. The van der Waals surface area contributed by atoms with Crippen LogP contribution < -0.4 is 4.74 Å². The lowest BCUT2D eigenvalue weighted by Crippen LogP contribution is -2.14. The lowest BCUT2D eigenvalue weighted by molar-refractivity contribution is 0.322. The molecule has 1 atom stereocenters. The van der Waals surface area contributed by atoms with E-state index in [0.717, 1.165) is 5.56 Å². The van der Waals surface area contributed by atoms with Crippen molar-refractivity contribution in [2.24, 2.45) is 0 Å². The van der Waals surface area contributed by atoms with Crippen molar-refractivity contribution in [3.8, 4) is 11.5 Å². The number of fused-ring (bicyclic) bond motifs is 1. The zero-order valence-electron chi connectivity index (χ0n) is 13.0.